The molecule has 1 saturated heterocycles. The average molecular weight is 363 g/mol. The quantitative estimate of drug-likeness (QED) is 0.759. The Morgan fingerprint density at radius 1 is 1.24 bits per heavy atom. The van der Waals surface area contributed by atoms with Gasteiger partial charge in [0.1, 0.15) is 6.07 Å². The van der Waals surface area contributed by atoms with Gasteiger partial charge < -0.3 is 14.5 Å². The number of nitriles is 1. The van der Waals surface area contributed by atoms with Crippen LogP contribution in [0, 0.1) is 18.3 Å². The van der Waals surface area contributed by atoms with Gasteiger partial charge in [0.15, 0.2) is 4.91 Å². The summed E-state index contributed by atoms with van der Waals surface area (Å²) in [4.78, 5) is 14.8. The van der Waals surface area contributed by atoms with E-state index in [0.29, 0.717) is 32.8 Å². The summed E-state index contributed by atoms with van der Waals surface area (Å²) in [6, 6.07) is 8.16. The second-order valence-corrected chi connectivity index (χ2v) is 7.56. The predicted molar refractivity (Wildman–Crippen MR) is 92.2 cm³/mol. The van der Waals surface area contributed by atoms with Gasteiger partial charge >= 0.3 is 6.09 Å². The van der Waals surface area contributed by atoms with Gasteiger partial charge in [-0.25, -0.2) is 13.2 Å². The molecule has 0 aliphatic carbocycles. The molecular formula is C17H21N3O4S. The van der Waals surface area contributed by atoms with Gasteiger partial charge in [0, 0.05) is 32.4 Å². The fourth-order valence-corrected chi connectivity index (χ4v) is 3.57. The van der Waals surface area contributed by atoms with Crippen molar-refractivity contribution in [2.45, 2.75) is 18.7 Å². The van der Waals surface area contributed by atoms with Gasteiger partial charge in [-0.2, -0.15) is 5.26 Å². The molecular weight excluding hydrogens is 342 g/mol. The van der Waals surface area contributed by atoms with Crippen molar-refractivity contribution < 1.29 is 17.9 Å². The number of ether oxygens (including phenoxy) is 1. The monoisotopic (exact) mass is 363 g/mol. The van der Waals surface area contributed by atoms with Gasteiger partial charge in [0.05, 0.1) is 11.5 Å². The molecule has 7 nitrogen and oxygen atoms in total. The fourth-order valence-electron chi connectivity index (χ4n) is 2.42. The molecule has 1 aromatic rings. The summed E-state index contributed by atoms with van der Waals surface area (Å²) in [5.41, 5.74) is 0.941. The Balaban J connectivity index is 2.12. The van der Waals surface area contributed by atoms with Gasteiger partial charge in [0.25, 0.3) is 0 Å². The number of hydrogen-bond acceptors (Lipinski definition) is 6. The van der Waals surface area contributed by atoms with Crippen LogP contribution >= 0.6 is 0 Å². The first-order valence-corrected chi connectivity index (χ1v) is 9.46. The molecule has 0 saturated carbocycles. The molecule has 0 spiro atoms. The van der Waals surface area contributed by atoms with E-state index in [4.69, 9.17) is 4.74 Å². The molecule has 1 aromatic carbocycles. The number of carbonyl (C=O) groups excluding carboxylic acids is 1. The first-order chi connectivity index (χ1) is 11.9. The highest BCUT2D eigenvalue weighted by atomic mass is 32.2. The van der Waals surface area contributed by atoms with E-state index < -0.39 is 9.84 Å². The van der Waals surface area contributed by atoms with Crippen LogP contribution in [0.4, 0.5) is 4.79 Å². The van der Waals surface area contributed by atoms with Crippen LogP contribution in [-0.4, -0.2) is 57.1 Å². The predicted octanol–water partition coefficient (Wildman–Crippen LogP) is 1.91. The number of rotatable bonds is 4. The zero-order valence-corrected chi connectivity index (χ0v) is 15.1. The number of benzene rings is 1. The van der Waals surface area contributed by atoms with Crippen LogP contribution in [0.3, 0.4) is 0 Å². The summed E-state index contributed by atoms with van der Waals surface area (Å²) in [7, 11) is -3.85. The molecule has 0 unspecified atom stereocenters. The van der Waals surface area contributed by atoms with E-state index in [1.807, 2.05) is 6.92 Å². The van der Waals surface area contributed by atoms with E-state index in [9.17, 15) is 18.5 Å². The van der Waals surface area contributed by atoms with E-state index in [0.717, 1.165) is 5.56 Å². The first kappa shape index (κ1) is 18.8. The highest BCUT2D eigenvalue weighted by Crippen LogP contribution is 2.20. The lowest BCUT2D eigenvalue weighted by atomic mass is 10.2. The Kier molecular flexibility index (Phi) is 6.04. The molecule has 0 aromatic heterocycles. The molecule has 1 aliphatic rings. The van der Waals surface area contributed by atoms with Crippen LogP contribution in [0.5, 0.6) is 0 Å². The molecule has 25 heavy (non-hydrogen) atoms. The third-order valence-electron chi connectivity index (χ3n) is 3.87. The Bertz CT molecular complexity index is 786. The lowest BCUT2D eigenvalue weighted by Crippen LogP contribution is -2.47. The number of piperazine rings is 1. The van der Waals surface area contributed by atoms with Crippen molar-refractivity contribution in [2.24, 2.45) is 0 Å². The fraction of sp³-hybridized carbons (Fsp3) is 0.412. The van der Waals surface area contributed by atoms with Crippen LogP contribution in [-0.2, 0) is 14.6 Å². The van der Waals surface area contributed by atoms with Crippen molar-refractivity contribution in [3.63, 3.8) is 0 Å². The molecule has 0 radical (unpaired) electrons. The minimum Gasteiger partial charge on any atom is -0.450 e. The number of amides is 1. The van der Waals surface area contributed by atoms with Crippen molar-refractivity contribution in [3.8, 4) is 6.07 Å². The van der Waals surface area contributed by atoms with Crippen molar-refractivity contribution in [1.82, 2.24) is 9.80 Å². The first-order valence-electron chi connectivity index (χ1n) is 7.98. The smallest absolute Gasteiger partial charge is 0.409 e. The van der Waals surface area contributed by atoms with E-state index in [-0.39, 0.29) is 15.9 Å². The van der Waals surface area contributed by atoms with E-state index >= 15 is 0 Å². The number of nitrogens with zero attached hydrogens (tertiary/aromatic N) is 3. The maximum absolute atomic E-state index is 12.6. The Labute approximate surface area is 148 Å². The largest absolute Gasteiger partial charge is 0.450 e. The van der Waals surface area contributed by atoms with Crippen LogP contribution in [0.2, 0.25) is 0 Å². The molecule has 0 bridgehead atoms. The standard InChI is InChI=1S/C17H21N3O4S/c1-3-24-17(21)20-10-8-19(9-11-20)13-16(12-18)25(22,23)15-6-4-14(2)5-7-15/h4-7,13H,3,8-11H2,1-2H3/b16-13-. The number of aryl methyl sites for hydroxylation is 1. The molecule has 134 valence electrons. The lowest BCUT2D eigenvalue weighted by molar-refractivity contribution is 0.0890. The van der Waals surface area contributed by atoms with Crippen LogP contribution < -0.4 is 0 Å². The maximum atomic E-state index is 12.6. The Morgan fingerprint density at radius 3 is 2.36 bits per heavy atom. The van der Waals surface area contributed by atoms with Crippen LogP contribution in [0.1, 0.15) is 12.5 Å². The molecule has 2 rings (SSSR count). The molecule has 8 heteroatoms. The van der Waals surface area contributed by atoms with E-state index in [1.54, 1.807) is 34.9 Å². The Morgan fingerprint density at radius 2 is 1.84 bits per heavy atom. The summed E-state index contributed by atoms with van der Waals surface area (Å²) in [5, 5.41) is 9.31. The SMILES string of the molecule is CCOC(=O)N1CCN(/C=C(/C#N)S(=O)(=O)c2ccc(C)cc2)CC1. The van der Waals surface area contributed by atoms with Crippen molar-refractivity contribution in [3.05, 3.63) is 40.9 Å². The molecule has 1 heterocycles. The molecule has 1 aliphatic heterocycles. The maximum Gasteiger partial charge on any atom is 0.409 e. The summed E-state index contributed by atoms with van der Waals surface area (Å²) in [6.45, 7) is 5.62. The second kappa shape index (κ2) is 8.03. The molecule has 0 atom stereocenters. The van der Waals surface area contributed by atoms with E-state index in [2.05, 4.69) is 0 Å². The second-order valence-electron chi connectivity index (χ2n) is 5.64. The number of hydrogen-bond donors (Lipinski definition) is 0. The van der Waals surface area contributed by atoms with E-state index in [1.165, 1.54) is 18.3 Å². The number of carbonyl (C=O) groups is 1. The van der Waals surface area contributed by atoms with Crippen LogP contribution in [0.25, 0.3) is 0 Å². The highest BCUT2D eigenvalue weighted by Gasteiger charge is 2.24. The summed E-state index contributed by atoms with van der Waals surface area (Å²) < 4.78 is 30.2. The average Bonchev–Trinajstić information content (AvgIpc) is 2.60. The normalized spacial score (nSPS) is 15.6. The summed E-state index contributed by atoms with van der Waals surface area (Å²) in [5.74, 6) is 0. The summed E-state index contributed by atoms with van der Waals surface area (Å²) >= 11 is 0. The molecule has 0 N–H and O–H groups in total. The highest BCUT2D eigenvalue weighted by molar-refractivity contribution is 7.95. The third kappa shape index (κ3) is 4.51. The van der Waals surface area contributed by atoms with Gasteiger partial charge in [-0.15, -0.1) is 0 Å². The van der Waals surface area contributed by atoms with Gasteiger partial charge in [0.2, 0.25) is 9.84 Å². The van der Waals surface area contributed by atoms with Gasteiger partial charge in [-0.1, -0.05) is 17.7 Å². The topological polar surface area (TPSA) is 90.7 Å². The zero-order valence-electron chi connectivity index (χ0n) is 14.3. The van der Waals surface area contributed by atoms with Crippen molar-refractivity contribution >= 4 is 15.9 Å². The minimum atomic E-state index is -3.85. The third-order valence-corrected chi connectivity index (χ3v) is 5.54. The zero-order chi connectivity index (χ0) is 18.4. The number of allylic oxidation sites excluding steroid dienone is 1. The van der Waals surface area contributed by atoms with Crippen molar-refractivity contribution in [1.29, 1.82) is 5.26 Å². The van der Waals surface area contributed by atoms with Crippen molar-refractivity contribution in [2.75, 3.05) is 32.8 Å². The minimum absolute atomic E-state index is 0.0936. The van der Waals surface area contributed by atoms with Crippen LogP contribution in [0.15, 0.2) is 40.3 Å². The van der Waals surface area contributed by atoms with Gasteiger partial charge in [-0.05, 0) is 26.0 Å². The Hall–Kier alpha value is -2.53. The molecule has 1 amide bonds. The number of sulfone groups is 1. The lowest BCUT2D eigenvalue weighted by Gasteiger charge is -2.33. The molecule has 1 fully saturated rings. The summed E-state index contributed by atoms with van der Waals surface area (Å²) in [6.07, 6.45) is 0.983. The van der Waals surface area contributed by atoms with Gasteiger partial charge in [-0.3, -0.25) is 0 Å².